The first-order chi connectivity index (χ1) is 12.8. The Morgan fingerprint density at radius 1 is 1.30 bits per heavy atom. The monoisotopic (exact) mass is 376 g/mol. The lowest BCUT2D eigenvalue weighted by molar-refractivity contribution is -0.117. The van der Waals surface area contributed by atoms with E-state index in [2.05, 4.69) is 24.1 Å². The van der Waals surface area contributed by atoms with E-state index in [4.69, 9.17) is 14.2 Å². The van der Waals surface area contributed by atoms with Crippen molar-refractivity contribution in [2.75, 3.05) is 40.0 Å². The Morgan fingerprint density at radius 3 is 2.63 bits per heavy atom. The van der Waals surface area contributed by atoms with Crippen LogP contribution in [-0.2, 0) is 9.53 Å². The lowest BCUT2D eigenvalue weighted by atomic mass is 10.0. The normalized spacial score (nSPS) is 15.9. The Balaban J connectivity index is 1.92. The number of morpholine rings is 1. The van der Waals surface area contributed by atoms with Crippen LogP contribution in [0.2, 0.25) is 0 Å². The van der Waals surface area contributed by atoms with Gasteiger partial charge >= 0.3 is 0 Å². The van der Waals surface area contributed by atoms with E-state index in [1.165, 1.54) is 0 Å². The quantitative estimate of drug-likeness (QED) is 0.707. The molecule has 6 heteroatoms. The van der Waals surface area contributed by atoms with Crippen molar-refractivity contribution in [1.29, 1.82) is 0 Å². The Bertz CT molecular complexity index is 650. The summed E-state index contributed by atoms with van der Waals surface area (Å²) in [5.41, 5.74) is 0.775. The van der Waals surface area contributed by atoms with Crippen LogP contribution in [0.5, 0.6) is 11.5 Å². The molecule has 0 aliphatic carbocycles. The number of hydrogen-bond donors (Lipinski definition) is 1. The first-order valence-electron chi connectivity index (χ1n) is 9.45. The highest BCUT2D eigenvalue weighted by Crippen LogP contribution is 2.29. The molecule has 0 aromatic heterocycles. The second-order valence-corrected chi connectivity index (χ2v) is 7.54. The molecule has 0 bridgehead atoms. The maximum atomic E-state index is 12.2. The summed E-state index contributed by atoms with van der Waals surface area (Å²) in [6, 6.07) is 5.62. The van der Waals surface area contributed by atoms with E-state index in [1.807, 2.05) is 32.0 Å². The third-order valence-corrected chi connectivity index (χ3v) is 4.54. The van der Waals surface area contributed by atoms with Crippen molar-refractivity contribution in [3.63, 3.8) is 0 Å². The zero-order valence-electron chi connectivity index (χ0n) is 17.1. The number of methoxy groups -OCH3 is 1. The van der Waals surface area contributed by atoms with Gasteiger partial charge in [-0.3, -0.25) is 9.69 Å². The summed E-state index contributed by atoms with van der Waals surface area (Å²) >= 11 is 0. The first kappa shape index (κ1) is 21.3. The van der Waals surface area contributed by atoms with Crippen LogP contribution in [0.1, 0.15) is 33.3 Å². The highest BCUT2D eigenvalue weighted by molar-refractivity contribution is 5.91. The Hall–Kier alpha value is -2.05. The lowest BCUT2D eigenvalue weighted by Crippen LogP contribution is -2.55. The summed E-state index contributed by atoms with van der Waals surface area (Å²) in [5.74, 6) is 1.24. The SMILES string of the molecule is COc1cc(/C=C/C(=O)NCC(C)(C)N2CCOCC2)ccc1OC(C)C. The second-order valence-electron chi connectivity index (χ2n) is 7.54. The Labute approximate surface area is 162 Å². The topological polar surface area (TPSA) is 60.0 Å². The van der Waals surface area contributed by atoms with Crippen molar-refractivity contribution in [3.8, 4) is 11.5 Å². The fraction of sp³-hybridized carbons (Fsp3) is 0.571. The summed E-state index contributed by atoms with van der Waals surface area (Å²) in [6.45, 7) is 12.1. The first-order valence-corrected chi connectivity index (χ1v) is 9.45. The van der Waals surface area contributed by atoms with Gasteiger partial charge in [-0.2, -0.15) is 0 Å². The zero-order valence-corrected chi connectivity index (χ0v) is 17.1. The van der Waals surface area contributed by atoms with E-state index in [1.54, 1.807) is 19.3 Å². The third kappa shape index (κ3) is 6.56. The van der Waals surface area contributed by atoms with Crippen LogP contribution in [0, 0.1) is 0 Å². The van der Waals surface area contributed by atoms with Crippen LogP contribution < -0.4 is 14.8 Å². The fourth-order valence-electron chi connectivity index (χ4n) is 2.95. The van der Waals surface area contributed by atoms with Gasteiger partial charge < -0.3 is 19.5 Å². The highest BCUT2D eigenvalue weighted by Gasteiger charge is 2.28. The minimum absolute atomic E-state index is 0.0703. The molecule has 1 N–H and O–H groups in total. The van der Waals surface area contributed by atoms with Crippen molar-refractivity contribution in [2.24, 2.45) is 0 Å². The van der Waals surface area contributed by atoms with Crippen molar-refractivity contribution in [3.05, 3.63) is 29.8 Å². The summed E-state index contributed by atoms with van der Waals surface area (Å²) in [7, 11) is 1.61. The standard InChI is InChI=1S/C21H32N2O4/c1-16(2)27-18-8-6-17(14-19(18)25-5)7-9-20(24)22-15-21(3,4)23-10-12-26-13-11-23/h6-9,14,16H,10-13,15H2,1-5H3,(H,22,24)/b9-7+. The molecule has 0 atom stereocenters. The van der Waals surface area contributed by atoms with Crippen molar-refractivity contribution >= 4 is 12.0 Å². The molecule has 1 saturated heterocycles. The smallest absolute Gasteiger partial charge is 0.244 e. The van der Waals surface area contributed by atoms with Crippen LogP contribution in [0.25, 0.3) is 6.08 Å². The third-order valence-electron chi connectivity index (χ3n) is 4.54. The molecule has 2 rings (SSSR count). The second kappa shape index (κ2) is 9.76. The van der Waals surface area contributed by atoms with Crippen molar-refractivity contribution in [2.45, 2.75) is 39.3 Å². The van der Waals surface area contributed by atoms with Gasteiger partial charge in [0.1, 0.15) is 0 Å². The molecule has 1 fully saturated rings. The fourth-order valence-corrected chi connectivity index (χ4v) is 2.95. The molecule has 1 aromatic rings. The number of ether oxygens (including phenoxy) is 3. The van der Waals surface area contributed by atoms with Gasteiger partial charge in [0.25, 0.3) is 0 Å². The number of benzene rings is 1. The van der Waals surface area contributed by atoms with Crippen molar-refractivity contribution in [1.82, 2.24) is 10.2 Å². The molecule has 0 unspecified atom stereocenters. The number of nitrogens with zero attached hydrogens (tertiary/aromatic N) is 1. The molecule has 1 heterocycles. The van der Waals surface area contributed by atoms with E-state index in [9.17, 15) is 4.79 Å². The van der Waals surface area contributed by atoms with Crippen LogP contribution in [-0.4, -0.2) is 62.4 Å². The molecular weight excluding hydrogens is 344 g/mol. The van der Waals surface area contributed by atoms with Crippen LogP contribution in [0.3, 0.4) is 0 Å². The zero-order chi connectivity index (χ0) is 19.9. The van der Waals surface area contributed by atoms with Crippen LogP contribution in [0.4, 0.5) is 0 Å². The maximum absolute atomic E-state index is 12.2. The number of nitrogens with one attached hydrogen (secondary N) is 1. The minimum Gasteiger partial charge on any atom is -0.493 e. The molecule has 0 radical (unpaired) electrons. The van der Waals surface area contributed by atoms with E-state index in [-0.39, 0.29) is 17.6 Å². The predicted molar refractivity (Wildman–Crippen MR) is 107 cm³/mol. The van der Waals surface area contributed by atoms with Gasteiger partial charge in [-0.15, -0.1) is 0 Å². The van der Waals surface area contributed by atoms with Gasteiger partial charge in [0.15, 0.2) is 11.5 Å². The molecule has 1 aromatic carbocycles. The summed E-state index contributed by atoms with van der Waals surface area (Å²) in [5, 5.41) is 2.99. The minimum atomic E-state index is -0.113. The molecule has 1 aliphatic heterocycles. The van der Waals surface area contributed by atoms with E-state index < -0.39 is 0 Å². The van der Waals surface area contributed by atoms with Crippen molar-refractivity contribution < 1.29 is 19.0 Å². The average molecular weight is 376 g/mol. The molecule has 0 saturated carbocycles. The van der Waals surface area contributed by atoms with Gasteiger partial charge in [-0.05, 0) is 51.5 Å². The number of hydrogen-bond acceptors (Lipinski definition) is 5. The van der Waals surface area contributed by atoms with Gasteiger partial charge in [-0.1, -0.05) is 6.07 Å². The average Bonchev–Trinajstić information content (AvgIpc) is 2.66. The Kier molecular flexibility index (Phi) is 7.68. The molecule has 1 amide bonds. The van der Waals surface area contributed by atoms with Gasteiger partial charge in [0.05, 0.1) is 26.4 Å². The summed E-state index contributed by atoms with van der Waals surface area (Å²) in [4.78, 5) is 14.6. The van der Waals surface area contributed by atoms with Crippen LogP contribution in [0.15, 0.2) is 24.3 Å². The summed E-state index contributed by atoms with van der Waals surface area (Å²) in [6.07, 6.45) is 3.40. The van der Waals surface area contributed by atoms with Crippen LogP contribution >= 0.6 is 0 Å². The molecule has 150 valence electrons. The van der Waals surface area contributed by atoms with Gasteiger partial charge in [0, 0.05) is 31.2 Å². The largest absolute Gasteiger partial charge is 0.493 e. The van der Waals surface area contributed by atoms with E-state index in [0.717, 1.165) is 31.9 Å². The molecule has 1 aliphatic rings. The predicted octanol–water partition coefficient (Wildman–Crippen LogP) is 2.72. The van der Waals surface area contributed by atoms with E-state index >= 15 is 0 Å². The highest BCUT2D eigenvalue weighted by atomic mass is 16.5. The lowest BCUT2D eigenvalue weighted by Gasteiger charge is -2.40. The molecule has 0 spiro atoms. The van der Waals surface area contributed by atoms with E-state index in [0.29, 0.717) is 18.0 Å². The number of carbonyl (C=O) groups is 1. The number of rotatable bonds is 8. The molecular formula is C21H32N2O4. The maximum Gasteiger partial charge on any atom is 0.244 e. The number of carbonyl (C=O) groups excluding carboxylic acids is 1. The molecule has 27 heavy (non-hydrogen) atoms. The van der Waals surface area contributed by atoms with Gasteiger partial charge in [-0.25, -0.2) is 0 Å². The molecule has 6 nitrogen and oxygen atoms in total. The van der Waals surface area contributed by atoms with Gasteiger partial charge in [0.2, 0.25) is 5.91 Å². The summed E-state index contributed by atoms with van der Waals surface area (Å²) < 4.78 is 16.5. The number of amides is 1. The Morgan fingerprint density at radius 2 is 2.00 bits per heavy atom.